The Morgan fingerprint density at radius 1 is 1.14 bits per heavy atom. The van der Waals surface area contributed by atoms with Gasteiger partial charge in [-0.25, -0.2) is 0 Å². The lowest BCUT2D eigenvalue weighted by atomic mass is 9.88. The first kappa shape index (κ1) is 20.8. The molecule has 3 N–H and O–H groups in total. The Morgan fingerprint density at radius 2 is 1.82 bits per heavy atom. The molecular formula is C19H21NO8. The van der Waals surface area contributed by atoms with Crippen molar-refractivity contribution in [2.75, 3.05) is 14.2 Å². The first-order valence-electron chi connectivity index (χ1n) is 8.28. The van der Waals surface area contributed by atoms with Gasteiger partial charge in [0, 0.05) is 11.6 Å². The molecule has 1 heterocycles. The van der Waals surface area contributed by atoms with Crippen molar-refractivity contribution in [1.82, 2.24) is 4.57 Å². The molecular weight excluding hydrogens is 370 g/mol. The number of nitrogens with zero attached hydrogens (tertiary/aromatic N) is 1. The highest BCUT2D eigenvalue weighted by Gasteiger charge is 2.27. The molecule has 0 fully saturated rings. The molecule has 0 amide bonds. The number of aromatic nitrogens is 1. The fourth-order valence-electron chi connectivity index (χ4n) is 2.98. The van der Waals surface area contributed by atoms with E-state index in [1.54, 1.807) is 0 Å². The molecule has 9 nitrogen and oxygen atoms in total. The summed E-state index contributed by atoms with van der Waals surface area (Å²) in [7, 11) is 2.53. The van der Waals surface area contributed by atoms with Gasteiger partial charge in [0.25, 0.3) is 5.56 Å². The summed E-state index contributed by atoms with van der Waals surface area (Å²) in [4.78, 5) is 36.0. The molecule has 0 aliphatic carbocycles. The van der Waals surface area contributed by atoms with Gasteiger partial charge >= 0.3 is 11.9 Å². The maximum Gasteiger partial charge on any atom is 0.323 e. The van der Waals surface area contributed by atoms with Crippen LogP contribution in [-0.2, 0) is 20.9 Å². The molecule has 0 saturated carbocycles. The minimum absolute atomic E-state index is 0.116. The first-order valence-corrected chi connectivity index (χ1v) is 8.28. The molecule has 0 aliphatic heterocycles. The maximum atomic E-state index is 13.0. The highest BCUT2D eigenvalue weighted by Crippen LogP contribution is 2.36. The van der Waals surface area contributed by atoms with Crippen LogP contribution in [0, 0.1) is 6.92 Å². The molecule has 28 heavy (non-hydrogen) atoms. The average molecular weight is 391 g/mol. The number of carboxylic acids is 1. The van der Waals surface area contributed by atoms with Gasteiger partial charge in [0.05, 0.1) is 26.2 Å². The van der Waals surface area contributed by atoms with Gasteiger partial charge in [0.2, 0.25) is 0 Å². The number of aromatic hydroxyl groups is 2. The predicted octanol–water partition coefficient (Wildman–Crippen LogP) is 1.36. The van der Waals surface area contributed by atoms with Crippen LogP contribution in [0.3, 0.4) is 0 Å². The largest absolute Gasteiger partial charge is 0.507 e. The number of ether oxygens (including phenoxy) is 2. The second-order valence-electron chi connectivity index (χ2n) is 6.13. The number of aryl methyl sites for hydroxylation is 1. The highest BCUT2D eigenvalue weighted by molar-refractivity contribution is 5.72. The Labute approximate surface area is 160 Å². The number of pyridine rings is 1. The molecule has 150 valence electrons. The van der Waals surface area contributed by atoms with Gasteiger partial charge in [-0.05, 0) is 30.7 Å². The number of carboxylic acid groups (broad SMARTS) is 1. The summed E-state index contributed by atoms with van der Waals surface area (Å²) < 4.78 is 10.8. The second kappa shape index (κ2) is 8.47. The lowest BCUT2D eigenvalue weighted by molar-refractivity contribution is -0.141. The molecule has 0 bridgehead atoms. The van der Waals surface area contributed by atoms with E-state index in [0.29, 0.717) is 5.56 Å². The zero-order valence-corrected chi connectivity index (χ0v) is 15.6. The van der Waals surface area contributed by atoms with Crippen molar-refractivity contribution >= 4 is 11.9 Å². The van der Waals surface area contributed by atoms with Gasteiger partial charge in [-0.3, -0.25) is 14.4 Å². The van der Waals surface area contributed by atoms with Crippen LogP contribution in [-0.4, -0.2) is 46.0 Å². The van der Waals surface area contributed by atoms with Crippen LogP contribution in [0.15, 0.2) is 29.1 Å². The number of benzene rings is 1. The third-order valence-electron chi connectivity index (χ3n) is 4.37. The Kier molecular flexibility index (Phi) is 6.29. The van der Waals surface area contributed by atoms with E-state index in [-0.39, 0.29) is 34.9 Å². The van der Waals surface area contributed by atoms with E-state index < -0.39 is 30.0 Å². The summed E-state index contributed by atoms with van der Waals surface area (Å²) in [5.41, 5.74) is -0.224. The van der Waals surface area contributed by atoms with Crippen molar-refractivity contribution < 1.29 is 34.4 Å². The van der Waals surface area contributed by atoms with Crippen molar-refractivity contribution in [3.63, 3.8) is 0 Å². The van der Waals surface area contributed by atoms with E-state index in [1.165, 1.54) is 45.4 Å². The number of rotatable bonds is 7. The van der Waals surface area contributed by atoms with Gasteiger partial charge in [0.15, 0.2) is 11.5 Å². The second-order valence-corrected chi connectivity index (χ2v) is 6.13. The van der Waals surface area contributed by atoms with Crippen molar-refractivity contribution in [2.24, 2.45) is 0 Å². The van der Waals surface area contributed by atoms with Crippen molar-refractivity contribution in [1.29, 1.82) is 0 Å². The van der Waals surface area contributed by atoms with Crippen molar-refractivity contribution in [3.05, 3.63) is 51.4 Å². The summed E-state index contributed by atoms with van der Waals surface area (Å²) in [5, 5.41) is 29.3. The molecule has 9 heteroatoms. The number of hydrogen-bond acceptors (Lipinski definition) is 7. The third-order valence-corrected chi connectivity index (χ3v) is 4.37. The molecule has 0 saturated heterocycles. The van der Waals surface area contributed by atoms with Crippen LogP contribution in [0.5, 0.6) is 17.2 Å². The van der Waals surface area contributed by atoms with Crippen LogP contribution in [0.4, 0.5) is 0 Å². The van der Waals surface area contributed by atoms with E-state index in [9.17, 15) is 24.6 Å². The minimum atomic E-state index is -1.22. The summed E-state index contributed by atoms with van der Waals surface area (Å²) in [6, 6.07) is 5.51. The number of phenolic OH excluding ortho intramolecular Hbond substituents is 1. The lowest BCUT2D eigenvalue weighted by Crippen LogP contribution is -2.30. The highest BCUT2D eigenvalue weighted by atomic mass is 16.5. The van der Waals surface area contributed by atoms with Gasteiger partial charge in [0.1, 0.15) is 12.3 Å². The Morgan fingerprint density at radius 3 is 2.39 bits per heavy atom. The van der Waals surface area contributed by atoms with Crippen LogP contribution >= 0.6 is 0 Å². The number of carbonyl (C=O) groups is 2. The van der Waals surface area contributed by atoms with Crippen LogP contribution in [0.2, 0.25) is 0 Å². The monoisotopic (exact) mass is 391 g/mol. The zero-order chi connectivity index (χ0) is 21.0. The molecule has 0 spiro atoms. The fraction of sp³-hybridized carbons (Fsp3) is 0.316. The fourth-order valence-corrected chi connectivity index (χ4v) is 2.98. The molecule has 0 aliphatic rings. The summed E-state index contributed by atoms with van der Waals surface area (Å²) >= 11 is 0. The SMILES string of the molecule is COC(=O)C[C@H](c1ccc(O)c(OC)c1)c1c(O)cc(C)n(CC(=O)O)c1=O. The van der Waals surface area contributed by atoms with Crippen molar-refractivity contribution in [2.45, 2.75) is 25.8 Å². The number of carbonyl (C=O) groups excluding carboxylic acids is 1. The molecule has 2 rings (SSSR count). The average Bonchev–Trinajstić information content (AvgIpc) is 2.64. The number of hydrogen-bond donors (Lipinski definition) is 3. The number of phenols is 1. The Balaban J connectivity index is 2.73. The smallest absolute Gasteiger partial charge is 0.323 e. The summed E-state index contributed by atoms with van der Waals surface area (Å²) in [5.74, 6) is -3.21. The van der Waals surface area contributed by atoms with E-state index in [2.05, 4.69) is 0 Å². The molecule has 1 aromatic carbocycles. The number of aliphatic carboxylic acids is 1. The van der Waals surface area contributed by atoms with Gasteiger partial charge in [-0.1, -0.05) is 6.07 Å². The predicted molar refractivity (Wildman–Crippen MR) is 97.9 cm³/mol. The number of methoxy groups -OCH3 is 2. The lowest BCUT2D eigenvalue weighted by Gasteiger charge is -2.20. The number of esters is 1. The van der Waals surface area contributed by atoms with Crippen LogP contribution in [0.25, 0.3) is 0 Å². The van der Waals surface area contributed by atoms with E-state index >= 15 is 0 Å². The maximum absolute atomic E-state index is 13.0. The van der Waals surface area contributed by atoms with Gasteiger partial charge in [-0.2, -0.15) is 0 Å². The van der Waals surface area contributed by atoms with Gasteiger partial charge in [-0.15, -0.1) is 0 Å². The molecule has 0 unspecified atom stereocenters. The van der Waals surface area contributed by atoms with E-state index in [1.807, 2.05) is 0 Å². The standard InChI is InChI=1S/C19H21NO8/c1-10-6-14(22)18(19(26)20(10)9-16(23)24)12(8-17(25)28-3)11-4-5-13(21)15(7-11)27-2/h4-7,12,21-22H,8-9H2,1-3H3,(H,23,24)/t12-/m1/s1. The normalized spacial score (nSPS) is 11.7. The molecule has 1 atom stereocenters. The zero-order valence-electron chi connectivity index (χ0n) is 15.6. The first-order chi connectivity index (χ1) is 13.2. The Hall–Kier alpha value is -3.49. The van der Waals surface area contributed by atoms with Crippen LogP contribution in [0.1, 0.15) is 29.2 Å². The van der Waals surface area contributed by atoms with Crippen LogP contribution < -0.4 is 10.3 Å². The summed E-state index contributed by atoms with van der Waals surface area (Å²) in [6.07, 6.45) is -0.288. The topological polar surface area (TPSA) is 135 Å². The van der Waals surface area contributed by atoms with Crippen molar-refractivity contribution in [3.8, 4) is 17.2 Å². The van der Waals surface area contributed by atoms with E-state index in [0.717, 1.165) is 4.57 Å². The quantitative estimate of drug-likeness (QED) is 0.602. The molecule has 0 radical (unpaired) electrons. The van der Waals surface area contributed by atoms with Gasteiger partial charge < -0.3 is 29.4 Å². The van der Waals surface area contributed by atoms with E-state index in [4.69, 9.17) is 14.6 Å². The summed E-state index contributed by atoms with van der Waals surface area (Å²) in [6.45, 7) is 0.897. The third kappa shape index (κ3) is 4.25. The minimum Gasteiger partial charge on any atom is -0.507 e. The molecule has 1 aromatic heterocycles. The Bertz CT molecular complexity index is 963. The molecule has 2 aromatic rings.